The van der Waals surface area contributed by atoms with E-state index < -0.39 is 0 Å². The molecule has 3 aliphatic rings. The first kappa shape index (κ1) is 12.9. The summed E-state index contributed by atoms with van der Waals surface area (Å²) in [6.07, 6.45) is 8.45. The maximum atomic E-state index is 3.83. The van der Waals surface area contributed by atoms with E-state index in [0.717, 1.165) is 18.1 Å². The molecule has 1 saturated carbocycles. The lowest BCUT2D eigenvalue weighted by Crippen LogP contribution is -2.49. The van der Waals surface area contributed by atoms with Crippen LogP contribution in [0.4, 0.5) is 0 Å². The molecular formula is C15H29N3. The van der Waals surface area contributed by atoms with Crippen LogP contribution < -0.4 is 5.32 Å². The fraction of sp³-hybridized carbons (Fsp3) is 1.00. The summed E-state index contributed by atoms with van der Waals surface area (Å²) in [5.74, 6) is 0. The standard InChI is InChI=1S/C15H29N3/c1-12(17(2)14-5-6-14)11-16-13-7-9-18-8-3-4-15(18)10-13/h12-16H,3-11H2,1-2H3. The fourth-order valence-corrected chi connectivity index (χ4v) is 3.73. The minimum atomic E-state index is 0.694. The monoisotopic (exact) mass is 251 g/mol. The summed E-state index contributed by atoms with van der Waals surface area (Å²) >= 11 is 0. The van der Waals surface area contributed by atoms with E-state index >= 15 is 0 Å². The average molecular weight is 251 g/mol. The Morgan fingerprint density at radius 3 is 2.83 bits per heavy atom. The topological polar surface area (TPSA) is 18.5 Å². The average Bonchev–Trinajstić information content (AvgIpc) is 3.13. The molecule has 3 rings (SSSR count). The Morgan fingerprint density at radius 1 is 1.22 bits per heavy atom. The van der Waals surface area contributed by atoms with Crippen molar-refractivity contribution < 1.29 is 0 Å². The number of likely N-dealkylation sites (N-methyl/N-ethyl adjacent to an activating group) is 1. The molecular weight excluding hydrogens is 222 g/mol. The zero-order valence-corrected chi connectivity index (χ0v) is 12.1. The molecule has 0 radical (unpaired) electrons. The zero-order chi connectivity index (χ0) is 12.5. The van der Waals surface area contributed by atoms with Gasteiger partial charge in [-0.2, -0.15) is 0 Å². The molecule has 1 N–H and O–H groups in total. The van der Waals surface area contributed by atoms with E-state index in [1.807, 2.05) is 0 Å². The molecule has 3 atom stereocenters. The molecule has 3 fully saturated rings. The Bertz CT molecular complexity index is 277. The molecule has 0 bridgehead atoms. The summed E-state index contributed by atoms with van der Waals surface area (Å²) in [7, 11) is 2.30. The molecule has 2 heterocycles. The second-order valence-corrected chi connectivity index (χ2v) is 6.71. The number of nitrogens with one attached hydrogen (secondary N) is 1. The Labute approximate surface area is 112 Å². The van der Waals surface area contributed by atoms with Gasteiger partial charge in [-0.05, 0) is 65.6 Å². The van der Waals surface area contributed by atoms with Gasteiger partial charge >= 0.3 is 0 Å². The minimum Gasteiger partial charge on any atom is -0.312 e. The summed E-state index contributed by atoms with van der Waals surface area (Å²) < 4.78 is 0. The van der Waals surface area contributed by atoms with Gasteiger partial charge in [-0.3, -0.25) is 4.90 Å². The van der Waals surface area contributed by atoms with Gasteiger partial charge in [0.25, 0.3) is 0 Å². The number of fused-ring (bicyclic) bond motifs is 1. The largest absolute Gasteiger partial charge is 0.312 e. The van der Waals surface area contributed by atoms with Gasteiger partial charge in [0.2, 0.25) is 0 Å². The zero-order valence-electron chi connectivity index (χ0n) is 12.1. The van der Waals surface area contributed by atoms with Crippen LogP contribution in [-0.2, 0) is 0 Å². The Morgan fingerprint density at radius 2 is 2.06 bits per heavy atom. The molecule has 0 aromatic rings. The van der Waals surface area contributed by atoms with Gasteiger partial charge in [-0.1, -0.05) is 0 Å². The summed E-state index contributed by atoms with van der Waals surface area (Å²) in [4.78, 5) is 5.27. The van der Waals surface area contributed by atoms with Crippen molar-refractivity contribution >= 4 is 0 Å². The van der Waals surface area contributed by atoms with Crippen molar-refractivity contribution in [2.24, 2.45) is 0 Å². The van der Waals surface area contributed by atoms with E-state index in [-0.39, 0.29) is 0 Å². The van der Waals surface area contributed by atoms with Crippen LogP contribution in [0.5, 0.6) is 0 Å². The highest BCUT2D eigenvalue weighted by molar-refractivity contribution is 4.90. The second-order valence-electron chi connectivity index (χ2n) is 6.71. The van der Waals surface area contributed by atoms with Gasteiger partial charge in [-0.15, -0.1) is 0 Å². The lowest BCUT2D eigenvalue weighted by molar-refractivity contribution is 0.158. The van der Waals surface area contributed by atoms with Crippen molar-refractivity contribution in [3.05, 3.63) is 0 Å². The van der Waals surface area contributed by atoms with Crippen LogP contribution in [0, 0.1) is 0 Å². The Kier molecular flexibility index (Phi) is 3.92. The third-order valence-electron chi connectivity index (χ3n) is 5.34. The van der Waals surface area contributed by atoms with Gasteiger partial charge in [0.1, 0.15) is 0 Å². The number of piperidine rings is 1. The molecule has 3 heteroatoms. The molecule has 0 amide bonds. The third kappa shape index (κ3) is 2.89. The number of nitrogens with zero attached hydrogens (tertiary/aromatic N) is 2. The Hall–Kier alpha value is -0.120. The summed E-state index contributed by atoms with van der Waals surface area (Å²) in [5.41, 5.74) is 0. The van der Waals surface area contributed by atoms with Crippen molar-refractivity contribution in [2.75, 3.05) is 26.7 Å². The summed E-state index contributed by atoms with van der Waals surface area (Å²) in [6, 6.07) is 3.25. The van der Waals surface area contributed by atoms with Crippen LogP contribution in [-0.4, -0.2) is 60.6 Å². The van der Waals surface area contributed by atoms with Gasteiger partial charge in [-0.25, -0.2) is 0 Å². The third-order valence-corrected chi connectivity index (χ3v) is 5.34. The number of rotatable bonds is 5. The van der Waals surface area contributed by atoms with Crippen molar-refractivity contribution in [3.8, 4) is 0 Å². The maximum Gasteiger partial charge on any atom is 0.0192 e. The van der Waals surface area contributed by atoms with E-state index in [2.05, 4.69) is 29.1 Å². The number of hydrogen-bond acceptors (Lipinski definition) is 3. The van der Waals surface area contributed by atoms with Crippen molar-refractivity contribution in [1.29, 1.82) is 0 Å². The molecule has 0 aromatic heterocycles. The number of hydrogen-bond donors (Lipinski definition) is 1. The highest BCUT2D eigenvalue weighted by Crippen LogP contribution is 2.28. The predicted molar refractivity (Wildman–Crippen MR) is 75.9 cm³/mol. The smallest absolute Gasteiger partial charge is 0.0192 e. The second kappa shape index (κ2) is 5.48. The van der Waals surface area contributed by atoms with Gasteiger partial charge in [0, 0.05) is 30.7 Å². The van der Waals surface area contributed by atoms with Crippen molar-refractivity contribution in [3.63, 3.8) is 0 Å². The van der Waals surface area contributed by atoms with Crippen molar-refractivity contribution in [2.45, 2.75) is 69.6 Å². The first-order chi connectivity index (χ1) is 8.74. The molecule has 18 heavy (non-hydrogen) atoms. The van der Waals surface area contributed by atoms with Gasteiger partial charge in [0.15, 0.2) is 0 Å². The van der Waals surface area contributed by atoms with Crippen molar-refractivity contribution in [1.82, 2.24) is 15.1 Å². The van der Waals surface area contributed by atoms with Crippen LogP contribution in [0.25, 0.3) is 0 Å². The molecule has 0 aromatic carbocycles. The molecule has 1 aliphatic carbocycles. The SMILES string of the molecule is CC(CNC1CCN2CCCC2C1)N(C)C1CC1. The first-order valence-electron chi connectivity index (χ1n) is 7.93. The molecule has 2 saturated heterocycles. The highest BCUT2D eigenvalue weighted by Gasteiger charge is 2.32. The van der Waals surface area contributed by atoms with Crippen LogP contribution in [0.3, 0.4) is 0 Å². The predicted octanol–water partition coefficient (Wildman–Crippen LogP) is 1.69. The van der Waals surface area contributed by atoms with Gasteiger partial charge in [0.05, 0.1) is 0 Å². The highest BCUT2D eigenvalue weighted by atomic mass is 15.2. The van der Waals surface area contributed by atoms with E-state index in [1.165, 1.54) is 58.2 Å². The van der Waals surface area contributed by atoms with Gasteiger partial charge < -0.3 is 10.2 Å². The maximum absolute atomic E-state index is 3.83. The summed E-state index contributed by atoms with van der Waals surface area (Å²) in [6.45, 7) is 6.23. The molecule has 2 aliphatic heterocycles. The summed E-state index contributed by atoms with van der Waals surface area (Å²) in [5, 5.41) is 3.83. The Balaban J connectivity index is 1.40. The molecule has 104 valence electrons. The van der Waals surface area contributed by atoms with Crippen LogP contribution in [0.2, 0.25) is 0 Å². The van der Waals surface area contributed by atoms with E-state index in [9.17, 15) is 0 Å². The lowest BCUT2D eigenvalue weighted by atomic mass is 9.97. The normalized spacial score (nSPS) is 34.8. The molecule has 0 spiro atoms. The van der Waals surface area contributed by atoms with E-state index in [1.54, 1.807) is 0 Å². The van der Waals surface area contributed by atoms with E-state index in [0.29, 0.717) is 6.04 Å². The molecule has 3 unspecified atom stereocenters. The lowest BCUT2D eigenvalue weighted by Gasteiger charge is -2.36. The van der Waals surface area contributed by atoms with Crippen LogP contribution in [0.1, 0.15) is 45.4 Å². The molecule has 3 nitrogen and oxygen atoms in total. The van der Waals surface area contributed by atoms with Crippen LogP contribution in [0.15, 0.2) is 0 Å². The first-order valence-corrected chi connectivity index (χ1v) is 7.93. The minimum absolute atomic E-state index is 0.694. The van der Waals surface area contributed by atoms with E-state index in [4.69, 9.17) is 0 Å². The fourth-order valence-electron chi connectivity index (χ4n) is 3.73. The quantitative estimate of drug-likeness (QED) is 0.802. The van der Waals surface area contributed by atoms with Crippen LogP contribution >= 0.6 is 0 Å².